The van der Waals surface area contributed by atoms with Crippen molar-refractivity contribution in [1.29, 1.82) is 0 Å². The van der Waals surface area contributed by atoms with Crippen LogP contribution in [0.5, 0.6) is 11.5 Å². The summed E-state index contributed by atoms with van der Waals surface area (Å²) in [5, 5.41) is 14.3. The van der Waals surface area contributed by atoms with E-state index in [-0.39, 0.29) is 29.7 Å². The van der Waals surface area contributed by atoms with E-state index in [1.165, 1.54) is 13.2 Å². The highest BCUT2D eigenvalue weighted by atomic mass is 16.6. The van der Waals surface area contributed by atoms with Gasteiger partial charge in [-0.25, -0.2) is 4.79 Å². The molecule has 9 heteroatoms. The lowest BCUT2D eigenvalue weighted by molar-refractivity contribution is -0.385. The Hall–Kier alpha value is -3.62. The van der Waals surface area contributed by atoms with Gasteiger partial charge in [0.15, 0.2) is 11.5 Å². The molecule has 1 amide bonds. The van der Waals surface area contributed by atoms with Crippen LogP contribution in [0.2, 0.25) is 0 Å². The Morgan fingerprint density at radius 1 is 1.20 bits per heavy atom. The highest BCUT2D eigenvalue weighted by Gasteiger charge is 2.33. The number of nitrogens with zero attached hydrogens (tertiary/aromatic N) is 1. The molecular formula is C21H22N2O7. The second kappa shape index (κ2) is 9.25. The van der Waals surface area contributed by atoms with Gasteiger partial charge >= 0.3 is 5.97 Å². The van der Waals surface area contributed by atoms with E-state index < -0.39 is 28.6 Å². The summed E-state index contributed by atoms with van der Waals surface area (Å²) in [5.41, 5.74) is -0.371. The van der Waals surface area contributed by atoms with Crippen LogP contribution in [-0.2, 0) is 9.53 Å². The van der Waals surface area contributed by atoms with Crippen LogP contribution in [-0.4, -0.2) is 36.6 Å². The summed E-state index contributed by atoms with van der Waals surface area (Å²) in [6.07, 6.45) is 0.489. The number of amides is 1. The first kappa shape index (κ1) is 21.1. The molecule has 0 heterocycles. The number of carbonyl (C=O) groups excluding carboxylic acids is 2. The third-order valence-corrected chi connectivity index (χ3v) is 4.49. The van der Waals surface area contributed by atoms with Gasteiger partial charge in [0.2, 0.25) is 6.10 Å². The maximum atomic E-state index is 12.9. The molecule has 2 aromatic rings. The smallest absolute Gasteiger partial charge is 0.346 e. The lowest BCUT2D eigenvalue weighted by Gasteiger charge is -2.18. The van der Waals surface area contributed by atoms with Crippen LogP contribution < -0.4 is 14.8 Å². The quantitative estimate of drug-likeness (QED) is 0.380. The molecule has 0 aliphatic heterocycles. The zero-order valence-corrected chi connectivity index (χ0v) is 16.6. The summed E-state index contributed by atoms with van der Waals surface area (Å²) in [5.74, 6) is -1.20. The van der Waals surface area contributed by atoms with Crippen LogP contribution in [0.3, 0.4) is 0 Å². The van der Waals surface area contributed by atoms with Crippen molar-refractivity contribution in [2.75, 3.05) is 13.7 Å². The van der Waals surface area contributed by atoms with Gasteiger partial charge in [-0.15, -0.1) is 0 Å². The van der Waals surface area contributed by atoms with Gasteiger partial charge in [0.05, 0.1) is 24.7 Å². The van der Waals surface area contributed by atoms with Crippen LogP contribution >= 0.6 is 0 Å². The molecule has 1 atom stereocenters. The minimum absolute atomic E-state index is 0.0577. The van der Waals surface area contributed by atoms with Crippen molar-refractivity contribution >= 4 is 17.6 Å². The van der Waals surface area contributed by atoms with E-state index in [2.05, 4.69) is 5.32 Å². The van der Waals surface area contributed by atoms with Gasteiger partial charge in [-0.2, -0.15) is 0 Å². The maximum absolute atomic E-state index is 12.9. The topological polar surface area (TPSA) is 117 Å². The largest absolute Gasteiger partial charge is 0.493 e. The van der Waals surface area contributed by atoms with Gasteiger partial charge in [-0.1, -0.05) is 30.3 Å². The molecule has 1 aliphatic carbocycles. The average molecular weight is 414 g/mol. The lowest BCUT2D eigenvalue weighted by Crippen LogP contribution is -2.33. The number of hydrogen-bond donors (Lipinski definition) is 1. The van der Waals surface area contributed by atoms with Crippen molar-refractivity contribution in [1.82, 2.24) is 5.32 Å². The van der Waals surface area contributed by atoms with Gasteiger partial charge < -0.3 is 19.5 Å². The molecule has 9 nitrogen and oxygen atoms in total. The molecule has 1 N–H and O–H groups in total. The third kappa shape index (κ3) is 4.86. The Kier molecular flexibility index (Phi) is 6.51. The summed E-state index contributed by atoms with van der Waals surface area (Å²) >= 11 is 0. The Balaban J connectivity index is 1.95. The van der Waals surface area contributed by atoms with E-state index in [1.807, 2.05) is 0 Å². The molecule has 3 rings (SSSR count). The molecule has 1 saturated carbocycles. The summed E-state index contributed by atoms with van der Waals surface area (Å²) in [6.45, 7) is 1.99. The Morgan fingerprint density at radius 2 is 1.90 bits per heavy atom. The second-order valence-corrected chi connectivity index (χ2v) is 6.69. The first-order chi connectivity index (χ1) is 14.4. The molecule has 30 heavy (non-hydrogen) atoms. The van der Waals surface area contributed by atoms with Gasteiger partial charge in [-0.05, 0) is 19.8 Å². The predicted octanol–water partition coefficient (Wildman–Crippen LogP) is 3.18. The average Bonchev–Trinajstić information content (AvgIpc) is 3.56. The van der Waals surface area contributed by atoms with Gasteiger partial charge in [0.25, 0.3) is 11.6 Å². The number of nitro groups is 1. The lowest BCUT2D eigenvalue weighted by atomic mass is 10.1. The van der Waals surface area contributed by atoms with Crippen molar-refractivity contribution in [2.24, 2.45) is 0 Å². The van der Waals surface area contributed by atoms with E-state index >= 15 is 0 Å². The fourth-order valence-electron chi connectivity index (χ4n) is 2.87. The summed E-state index contributed by atoms with van der Waals surface area (Å²) in [6, 6.07) is 10.9. The maximum Gasteiger partial charge on any atom is 0.346 e. The van der Waals surface area contributed by atoms with Crippen molar-refractivity contribution < 1.29 is 28.7 Å². The van der Waals surface area contributed by atoms with Gasteiger partial charge in [0, 0.05) is 17.7 Å². The monoisotopic (exact) mass is 414 g/mol. The zero-order chi connectivity index (χ0) is 21.7. The molecule has 0 spiro atoms. The van der Waals surface area contributed by atoms with E-state index in [0.29, 0.717) is 5.56 Å². The van der Waals surface area contributed by atoms with E-state index in [1.54, 1.807) is 37.3 Å². The number of esters is 1. The molecular weight excluding hydrogens is 392 g/mol. The predicted molar refractivity (Wildman–Crippen MR) is 107 cm³/mol. The minimum atomic E-state index is -1.24. The number of hydrogen-bond acceptors (Lipinski definition) is 7. The highest BCUT2D eigenvalue weighted by Crippen LogP contribution is 2.36. The first-order valence-corrected chi connectivity index (χ1v) is 9.50. The van der Waals surface area contributed by atoms with Crippen molar-refractivity contribution in [3.8, 4) is 11.5 Å². The third-order valence-electron chi connectivity index (χ3n) is 4.49. The Morgan fingerprint density at radius 3 is 2.47 bits per heavy atom. The molecule has 0 radical (unpaired) electrons. The SMILES string of the molecule is CCOc1cc(C(=O)O[C@H](C(=O)NC2CC2)c2ccccc2)c([N+](=O)[O-])cc1OC. The first-order valence-electron chi connectivity index (χ1n) is 9.50. The van der Waals surface area contributed by atoms with Crippen molar-refractivity contribution in [3.63, 3.8) is 0 Å². The molecule has 0 aromatic heterocycles. The highest BCUT2D eigenvalue weighted by molar-refractivity contribution is 5.97. The number of rotatable bonds is 9. The molecule has 0 saturated heterocycles. The molecule has 2 aromatic carbocycles. The molecule has 158 valence electrons. The Labute approximate surface area is 173 Å². The van der Waals surface area contributed by atoms with Crippen LogP contribution in [0.1, 0.15) is 41.8 Å². The number of carbonyl (C=O) groups is 2. The molecule has 1 aliphatic rings. The van der Waals surface area contributed by atoms with Crippen LogP contribution in [0.15, 0.2) is 42.5 Å². The number of nitro benzene ring substituents is 1. The van der Waals surface area contributed by atoms with Crippen molar-refractivity contribution in [3.05, 3.63) is 63.7 Å². The molecule has 0 bridgehead atoms. The van der Waals surface area contributed by atoms with E-state index in [9.17, 15) is 19.7 Å². The number of methoxy groups -OCH3 is 1. The Bertz CT molecular complexity index is 942. The standard InChI is InChI=1S/C21H22N2O7/c1-3-29-18-11-15(16(23(26)27)12-17(18)28-2)21(25)30-19(13-7-5-4-6-8-13)20(24)22-14-9-10-14/h4-8,11-12,14,19H,3,9-10H2,1-2H3,(H,22,24)/t19-/m0/s1. The van der Waals surface area contributed by atoms with Crippen LogP contribution in [0, 0.1) is 10.1 Å². The van der Waals surface area contributed by atoms with Gasteiger partial charge in [-0.3, -0.25) is 14.9 Å². The zero-order valence-electron chi connectivity index (χ0n) is 16.6. The number of benzene rings is 2. The normalized spacial score (nSPS) is 13.8. The minimum Gasteiger partial charge on any atom is -0.493 e. The van der Waals surface area contributed by atoms with Gasteiger partial charge in [0.1, 0.15) is 5.56 Å². The summed E-state index contributed by atoms with van der Waals surface area (Å²) in [4.78, 5) is 36.4. The van der Waals surface area contributed by atoms with Crippen LogP contribution in [0.4, 0.5) is 5.69 Å². The van der Waals surface area contributed by atoms with Crippen LogP contribution in [0.25, 0.3) is 0 Å². The van der Waals surface area contributed by atoms with E-state index in [0.717, 1.165) is 18.9 Å². The van der Waals surface area contributed by atoms with Crippen molar-refractivity contribution in [2.45, 2.75) is 31.9 Å². The fourth-order valence-corrected chi connectivity index (χ4v) is 2.87. The summed E-state index contributed by atoms with van der Waals surface area (Å²) < 4.78 is 16.0. The molecule has 0 unspecified atom stereocenters. The fraction of sp³-hybridized carbons (Fsp3) is 0.333. The second-order valence-electron chi connectivity index (χ2n) is 6.69. The number of nitrogens with one attached hydrogen (secondary N) is 1. The molecule has 1 fully saturated rings. The van der Waals surface area contributed by atoms with E-state index in [4.69, 9.17) is 14.2 Å². The number of ether oxygens (including phenoxy) is 3. The summed E-state index contributed by atoms with van der Waals surface area (Å²) in [7, 11) is 1.34.